The van der Waals surface area contributed by atoms with Gasteiger partial charge in [0, 0.05) is 11.6 Å². The molecule has 0 unspecified atom stereocenters. The van der Waals surface area contributed by atoms with Crippen LogP contribution in [0.1, 0.15) is 11.1 Å². The molecule has 1 aromatic heterocycles. The van der Waals surface area contributed by atoms with Crippen molar-refractivity contribution in [1.82, 2.24) is 4.98 Å². The number of nitro benzene ring substituents is 1. The van der Waals surface area contributed by atoms with Gasteiger partial charge in [0.2, 0.25) is 0 Å². The highest BCUT2D eigenvalue weighted by atomic mass is 35.5. The lowest BCUT2D eigenvalue weighted by molar-refractivity contribution is -0.385. The smallest absolute Gasteiger partial charge is 0.311 e. The van der Waals surface area contributed by atoms with Crippen LogP contribution in [-0.4, -0.2) is 23.2 Å². The SMILES string of the molecule is COc1ccc(/C=N/Nc2nc(Cl)c(C#N)c(Cl)c2Cl)cc1[N+](=O)[O-]. The van der Waals surface area contributed by atoms with Gasteiger partial charge in [0.15, 0.2) is 16.7 Å². The number of hydrogen-bond donors (Lipinski definition) is 1. The number of hydrogen-bond acceptors (Lipinski definition) is 7. The molecule has 8 nitrogen and oxygen atoms in total. The van der Waals surface area contributed by atoms with E-state index < -0.39 is 4.92 Å². The first-order valence-electron chi connectivity index (χ1n) is 6.45. The van der Waals surface area contributed by atoms with Crippen molar-refractivity contribution < 1.29 is 9.66 Å². The minimum Gasteiger partial charge on any atom is -0.490 e. The Morgan fingerprint density at radius 3 is 2.72 bits per heavy atom. The summed E-state index contributed by atoms with van der Waals surface area (Å²) in [5.41, 5.74) is 2.70. The summed E-state index contributed by atoms with van der Waals surface area (Å²) in [6, 6.07) is 6.10. The largest absolute Gasteiger partial charge is 0.490 e. The molecule has 25 heavy (non-hydrogen) atoms. The Balaban J connectivity index is 2.27. The van der Waals surface area contributed by atoms with Gasteiger partial charge < -0.3 is 4.74 Å². The quantitative estimate of drug-likeness (QED) is 0.347. The van der Waals surface area contributed by atoms with E-state index in [0.29, 0.717) is 5.56 Å². The Morgan fingerprint density at radius 1 is 1.40 bits per heavy atom. The van der Waals surface area contributed by atoms with E-state index in [1.54, 1.807) is 12.1 Å². The molecular weight excluding hydrogens is 393 g/mol. The molecule has 0 aliphatic carbocycles. The molecule has 2 rings (SSSR count). The highest BCUT2D eigenvalue weighted by Gasteiger charge is 2.16. The van der Waals surface area contributed by atoms with Crippen LogP contribution in [0.3, 0.4) is 0 Å². The van der Waals surface area contributed by atoms with Gasteiger partial charge in [0.1, 0.15) is 16.7 Å². The van der Waals surface area contributed by atoms with Crippen LogP contribution >= 0.6 is 34.8 Å². The van der Waals surface area contributed by atoms with E-state index in [1.807, 2.05) is 0 Å². The fraction of sp³-hybridized carbons (Fsp3) is 0.0714. The van der Waals surface area contributed by atoms with E-state index in [9.17, 15) is 10.1 Å². The Labute approximate surface area is 156 Å². The molecule has 2 aromatic rings. The number of nitrogens with zero attached hydrogens (tertiary/aromatic N) is 4. The number of aromatic nitrogens is 1. The molecule has 1 N–H and O–H groups in total. The van der Waals surface area contributed by atoms with Gasteiger partial charge in [-0.3, -0.25) is 15.5 Å². The molecule has 0 saturated carbocycles. The second-order valence-electron chi connectivity index (χ2n) is 4.42. The summed E-state index contributed by atoms with van der Waals surface area (Å²) >= 11 is 17.8. The number of methoxy groups -OCH3 is 1. The van der Waals surface area contributed by atoms with Crippen LogP contribution in [0, 0.1) is 21.4 Å². The normalized spacial score (nSPS) is 10.5. The molecular formula is C14H8Cl3N5O3. The van der Waals surface area contributed by atoms with Gasteiger partial charge in [-0.2, -0.15) is 10.4 Å². The van der Waals surface area contributed by atoms with Crippen molar-refractivity contribution in [3.05, 3.63) is 54.6 Å². The highest BCUT2D eigenvalue weighted by Crippen LogP contribution is 2.34. The number of rotatable bonds is 5. The first-order valence-corrected chi connectivity index (χ1v) is 7.58. The summed E-state index contributed by atoms with van der Waals surface area (Å²) in [6.07, 6.45) is 1.31. The van der Waals surface area contributed by atoms with Crippen molar-refractivity contribution in [2.75, 3.05) is 12.5 Å². The number of hydrazone groups is 1. The molecule has 0 radical (unpaired) electrons. The summed E-state index contributed by atoms with van der Waals surface area (Å²) in [7, 11) is 1.34. The van der Waals surface area contributed by atoms with Crippen LogP contribution in [0.2, 0.25) is 15.2 Å². The summed E-state index contributed by atoms with van der Waals surface area (Å²) in [5.74, 6) is 0.167. The van der Waals surface area contributed by atoms with Gasteiger partial charge in [-0.1, -0.05) is 34.8 Å². The molecule has 0 spiro atoms. The Morgan fingerprint density at radius 2 is 2.12 bits per heavy atom. The fourth-order valence-electron chi connectivity index (χ4n) is 1.77. The number of anilines is 1. The van der Waals surface area contributed by atoms with Crippen LogP contribution in [0.15, 0.2) is 23.3 Å². The van der Waals surface area contributed by atoms with Crippen LogP contribution in [0.4, 0.5) is 11.5 Å². The zero-order valence-electron chi connectivity index (χ0n) is 12.5. The average molecular weight is 401 g/mol. The predicted octanol–water partition coefficient (Wildman–Crippen LogP) is 4.28. The molecule has 0 fully saturated rings. The zero-order chi connectivity index (χ0) is 18.6. The van der Waals surface area contributed by atoms with Gasteiger partial charge >= 0.3 is 5.69 Å². The third-order valence-corrected chi connectivity index (χ3v) is 4.05. The number of ether oxygens (including phenoxy) is 1. The fourth-order valence-corrected chi connectivity index (χ4v) is 2.44. The molecule has 0 amide bonds. The lowest BCUT2D eigenvalue weighted by Gasteiger charge is -2.07. The molecule has 0 saturated heterocycles. The predicted molar refractivity (Wildman–Crippen MR) is 94.8 cm³/mol. The lowest BCUT2D eigenvalue weighted by atomic mass is 10.2. The molecule has 128 valence electrons. The van der Waals surface area contributed by atoms with Crippen LogP contribution in [0.25, 0.3) is 0 Å². The highest BCUT2D eigenvalue weighted by molar-refractivity contribution is 6.45. The van der Waals surface area contributed by atoms with Crippen molar-refractivity contribution in [2.45, 2.75) is 0 Å². The molecule has 0 aliphatic rings. The van der Waals surface area contributed by atoms with Crippen LogP contribution in [-0.2, 0) is 0 Å². The Hall–Kier alpha value is -2.60. The molecule has 11 heteroatoms. The zero-order valence-corrected chi connectivity index (χ0v) is 14.7. The number of nitriles is 1. The minimum atomic E-state index is -0.567. The average Bonchev–Trinajstić information content (AvgIpc) is 2.59. The van der Waals surface area contributed by atoms with Gasteiger partial charge in [-0.15, -0.1) is 0 Å². The van der Waals surface area contributed by atoms with Gasteiger partial charge in [-0.05, 0) is 12.1 Å². The molecule has 0 bridgehead atoms. The maximum atomic E-state index is 11.0. The standard InChI is InChI=1S/C14H8Cl3N5O3/c1-25-10-3-2-7(4-9(10)22(23)24)6-19-21-14-12(16)11(15)8(5-18)13(17)20-14/h2-4,6H,1H3,(H,20,21)/b19-6+. The number of pyridine rings is 1. The van der Waals surface area contributed by atoms with Gasteiger partial charge in [-0.25, -0.2) is 4.98 Å². The van der Waals surface area contributed by atoms with Gasteiger partial charge in [0.25, 0.3) is 0 Å². The van der Waals surface area contributed by atoms with E-state index in [4.69, 9.17) is 44.8 Å². The van der Waals surface area contributed by atoms with E-state index in [1.165, 1.54) is 25.5 Å². The molecule has 1 aromatic carbocycles. The second kappa shape index (κ2) is 7.98. The van der Waals surface area contributed by atoms with Crippen molar-refractivity contribution >= 4 is 52.5 Å². The number of halogens is 3. The Bertz CT molecular complexity index is 912. The lowest BCUT2D eigenvalue weighted by Crippen LogP contribution is -1.99. The third-order valence-electron chi connectivity index (χ3n) is 2.93. The van der Waals surface area contributed by atoms with Crippen LogP contribution in [0.5, 0.6) is 5.75 Å². The number of benzene rings is 1. The van der Waals surface area contributed by atoms with Crippen molar-refractivity contribution in [1.29, 1.82) is 5.26 Å². The first-order chi connectivity index (χ1) is 11.9. The molecule has 1 heterocycles. The Kier molecular flexibility index (Phi) is 5.98. The monoisotopic (exact) mass is 399 g/mol. The van der Waals surface area contributed by atoms with Crippen molar-refractivity contribution in [3.63, 3.8) is 0 Å². The summed E-state index contributed by atoms with van der Waals surface area (Å²) in [6.45, 7) is 0. The van der Waals surface area contributed by atoms with E-state index in [2.05, 4.69) is 15.5 Å². The molecule has 0 aliphatic heterocycles. The van der Waals surface area contributed by atoms with Crippen molar-refractivity contribution in [2.24, 2.45) is 5.10 Å². The summed E-state index contributed by atoms with van der Waals surface area (Å²) in [5, 5.41) is 23.6. The van der Waals surface area contributed by atoms with Crippen molar-refractivity contribution in [3.8, 4) is 11.8 Å². The van der Waals surface area contributed by atoms with Crippen LogP contribution < -0.4 is 10.2 Å². The van der Waals surface area contributed by atoms with E-state index in [0.717, 1.165) is 0 Å². The summed E-state index contributed by atoms with van der Waals surface area (Å²) < 4.78 is 4.91. The summed E-state index contributed by atoms with van der Waals surface area (Å²) in [4.78, 5) is 14.3. The second-order valence-corrected chi connectivity index (χ2v) is 5.54. The number of nitrogens with one attached hydrogen (secondary N) is 1. The third kappa shape index (κ3) is 4.09. The maximum Gasteiger partial charge on any atom is 0.311 e. The number of nitro groups is 1. The van der Waals surface area contributed by atoms with E-state index in [-0.39, 0.29) is 38.0 Å². The first kappa shape index (κ1) is 18.7. The molecule has 0 atom stereocenters. The maximum absolute atomic E-state index is 11.0. The van der Waals surface area contributed by atoms with Gasteiger partial charge in [0.05, 0.1) is 23.3 Å². The van der Waals surface area contributed by atoms with E-state index >= 15 is 0 Å². The minimum absolute atomic E-state index is 0.0273. The topological polar surface area (TPSA) is 113 Å².